The molecule has 6 heteroatoms. The number of fused-ring (bicyclic) bond motifs is 2. The Morgan fingerprint density at radius 3 is 2.35 bits per heavy atom. The van der Waals surface area contributed by atoms with Gasteiger partial charge in [0.05, 0.1) is 11.6 Å². The molecule has 0 N–H and O–H groups in total. The molecule has 0 fully saturated rings. The quantitative estimate of drug-likeness (QED) is 0.374. The highest BCUT2D eigenvalue weighted by atomic mass is 16.2. The molecule has 5 aromatic rings. The first kappa shape index (κ1) is 20.3. The van der Waals surface area contributed by atoms with Gasteiger partial charge in [-0.15, -0.1) is 10.2 Å². The number of amides is 1. The van der Waals surface area contributed by atoms with Crippen LogP contribution in [0.2, 0.25) is 0 Å². The highest BCUT2D eigenvalue weighted by Gasteiger charge is 2.32. The van der Waals surface area contributed by atoms with E-state index in [4.69, 9.17) is 4.98 Å². The summed E-state index contributed by atoms with van der Waals surface area (Å²) in [6, 6.07) is 29.9. The predicted molar refractivity (Wildman–Crippen MR) is 132 cm³/mol. The van der Waals surface area contributed by atoms with Gasteiger partial charge in [0.25, 0.3) is 5.91 Å². The lowest BCUT2D eigenvalue weighted by Crippen LogP contribution is -2.41. The van der Waals surface area contributed by atoms with Gasteiger partial charge in [0.15, 0.2) is 11.6 Å². The molecule has 0 bridgehead atoms. The van der Waals surface area contributed by atoms with E-state index in [1.165, 1.54) is 0 Å². The minimum absolute atomic E-state index is 0.00624. The number of hydrogen-bond donors (Lipinski definition) is 0. The van der Waals surface area contributed by atoms with E-state index in [-0.39, 0.29) is 11.9 Å². The molecular weight excluding hydrogens is 422 g/mol. The van der Waals surface area contributed by atoms with Crippen molar-refractivity contribution in [1.29, 1.82) is 0 Å². The maximum Gasteiger partial charge on any atom is 0.254 e. The third-order valence-corrected chi connectivity index (χ3v) is 6.51. The van der Waals surface area contributed by atoms with Crippen LogP contribution in [0, 0.1) is 0 Å². The van der Waals surface area contributed by atoms with Crippen molar-refractivity contribution >= 4 is 16.8 Å². The second kappa shape index (κ2) is 8.23. The monoisotopic (exact) mass is 445 g/mol. The molecule has 1 unspecified atom stereocenters. The summed E-state index contributed by atoms with van der Waals surface area (Å²) in [5.41, 5.74) is 4.63. The molecule has 1 aliphatic heterocycles. The first-order chi connectivity index (χ1) is 16.7. The number of carbonyl (C=O) groups is 1. The molecule has 0 radical (unpaired) electrons. The molecule has 166 valence electrons. The first-order valence-corrected chi connectivity index (χ1v) is 11.4. The van der Waals surface area contributed by atoms with Crippen LogP contribution in [0.5, 0.6) is 0 Å². The van der Waals surface area contributed by atoms with Crippen LogP contribution in [0.1, 0.15) is 29.1 Å². The average Bonchev–Trinajstić information content (AvgIpc) is 3.34. The maximum absolute atomic E-state index is 13.3. The second-order valence-corrected chi connectivity index (χ2v) is 8.54. The van der Waals surface area contributed by atoms with Crippen molar-refractivity contribution in [2.45, 2.75) is 19.5 Å². The smallest absolute Gasteiger partial charge is 0.254 e. The van der Waals surface area contributed by atoms with Crippen LogP contribution in [0.15, 0.2) is 91.0 Å². The molecular formula is C28H23N5O. The molecule has 2 aromatic heterocycles. The Hall–Kier alpha value is -4.32. The summed E-state index contributed by atoms with van der Waals surface area (Å²) < 4.78 is 2.09. The Bertz CT molecular complexity index is 1490. The molecule has 0 spiro atoms. The number of hydrogen-bond acceptors (Lipinski definition) is 4. The second-order valence-electron chi connectivity index (χ2n) is 8.54. The van der Waals surface area contributed by atoms with Crippen LogP contribution in [-0.2, 0) is 6.54 Å². The third-order valence-electron chi connectivity index (χ3n) is 6.51. The first-order valence-electron chi connectivity index (χ1n) is 11.4. The van der Waals surface area contributed by atoms with Gasteiger partial charge in [0.1, 0.15) is 5.69 Å². The van der Waals surface area contributed by atoms with Crippen molar-refractivity contribution in [3.63, 3.8) is 0 Å². The summed E-state index contributed by atoms with van der Waals surface area (Å²) in [7, 11) is 0. The van der Waals surface area contributed by atoms with Crippen LogP contribution in [0.3, 0.4) is 0 Å². The summed E-state index contributed by atoms with van der Waals surface area (Å²) in [6.45, 7) is 3.23. The van der Waals surface area contributed by atoms with Crippen LogP contribution in [0.25, 0.3) is 33.5 Å². The largest absolute Gasteiger partial charge is 0.327 e. The summed E-state index contributed by atoms with van der Waals surface area (Å²) in [4.78, 5) is 20.0. The van der Waals surface area contributed by atoms with Gasteiger partial charge in [-0.25, -0.2) is 4.98 Å². The van der Waals surface area contributed by atoms with Crippen molar-refractivity contribution in [2.75, 3.05) is 6.54 Å². The van der Waals surface area contributed by atoms with E-state index in [0.717, 1.165) is 39.4 Å². The zero-order chi connectivity index (χ0) is 23.1. The number of aromatic nitrogens is 4. The van der Waals surface area contributed by atoms with E-state index < -0.39 is 0 Å². The lowest BCUT2D eigenvalue weighted by Gasteiger charge is -2.33. The van der Waals surface area contributed by atoms with Crippen LogP contribution in [-0.4, -0.2) is 37.1 Å². The number of carbonyl (C=O) groups excluding carboxylic acids is 1. The van der Waals surface area contributed by atoms with Gasteiger partial charge in [-0.1, -0.05) is 66.7 Å². The van der Waals surface area contributed by atoms with Gasteiger partial charge in [0.2, 0.25) is 0 Å². The van der Waals surface area contributed by atoms with E-state index >= 15 is 0 Å². The number of rotatable bonds is 3. The number of para-hydroxylation sites is 1. The highest BCUT2D eigenvalue weighted by molar-refractivity contribution is 5.95. The Balaban J connectivity index is 1.26. The number of pyridine rings is 1. The minimum Gasteiger partial charge on any atom is -0.327 e. The van der Waals surface area contributed by atoms with Crippen LogP contribution < -0.4 is 0 Å². The SMILES string of the molecule is CC1c2nnc(-c3ccc4ccccc4n3)n2CCN1C(=O)c1ccc(-c2ccccc2)cc1. The van der Waals surface area contributed by atoms with Gasteiger partial charge in [0, 0.05) is 24.0 Å². The fraction of sp³-hybridized carbons (Fsp3) is 0.143. The van der Waals surface area contributed by atoms with Crippen LogP contribution >= 0.6 is 0 Å². The fourth-order valence-corrected chi connectivity index (χ4v) is 4.64. The Labute approximate surface area is 197 Å². The zero-order valence-corrected chi connectivity index (χ0v) is 18.8. The molecule has 6 rings (SSSR count). The molecule has 3 heterocycles. The van der Waals surface area contributed by atoms with Gasteiger partial charge >= 0.3 is 0 Å². The molecule has 1 amide bonds. The van der Waals surface area contributed by atoms with Crippen molar-refractivity contribution in [1.82, 2.24) is 24.6 Å². The molecule has 3 aromatic carbocycles. The molecule has 1 atom stereocenters. The van der Waals surface area contributed by atoms with Crippen molar-refractivity contribution in [2.24, 2.45) is 0 Å². The van der Waals surface area contributed by atoms with Gasteiger partial charge < -0.3 is 9.47 Å². The lowest BCUT2D eigenvalue weighted by molar-refractivity contribution is 0.0638. The number of nitrogens with zero attached hydrogens (tertiary/aromatic N) is 5. The number of benzene rings is 3. The predicted octanol–water partition coefficient (Wildman–Crippen LogP) is 5.38. The lowest BCUT2D eigenvalue weighted by atomic mass is 10.0. The van der Waals surface area contributed by atoms with Crippen LogP contribution in [0.4, 0.5) is 0 Å². The standard InChI is InChI=1S/C28H23N5O/c1-19-26-30-31-27(25-16-15-22-9-5-6-10-24(22)29-25)33(26)18-17-32(19)28(34)23-13-11-21(12-14-23)20-7-3-2-4-8-20/h2-16,19H,17-18H2,1H3. The Morgan fingerprint density at radius 2 is 1.53 bits per heavy atom. The fourth-order valence-electron chi connectivity index (χ4n) is 4.64. The van der Waals surface area contributed by atoms with Gasteiger partial charge in [-0.05, 0) is 42.3 Å². The third kappa shape index (κ3) is 3.44. The summed E-state index contributed by atoms with van der Waals surface area (Å²) in [6.07, 6.45) is 0. The molecule has 0 saturated carbocycles. The van der Waals surface area contributed by atoms with Gasteiger partial charge in [-0.2, -0.15) is 0 Å². The zero-order valence-electron chi connectivity index (χ0n) is 18.8. The molecule has 0 aliphatic carbocycles. The summed E-state index contributed by atoms with van der Waals surface area (Å²) >= 11 is 0. The minimum atomic E-state index is -0.184. The molecule has 1 aliphatic rings. The highest BCUT2D eigenvalue weighted by Crippen LogP contribution is 2.30. The maximum atomic E-state index is 13.3. The van der Waals surface area contributed by atoms with Crippen molar-refractivity contribution < 1.29 is 4.79 Å². The van der Waals surface area contributed by atoms with Gasteiger partial charge in [-0.3, -0.25) is 4.79 Å². The summed E-state index contributed by atoms with van der Waals surface area (Å²) in [5.74, 6) is 1.53. The summed E-state index contributed by atoms with van der Waals surface area (Å²) in [5, 5.41) is 9.99. The van der Waals surface area contributed by atoms with E-state index in [0.29, 0.717) is 18.7 Å². The van der Waals surface area contributed by atoms with Crippen molar-refractivity contribution in [3.05, 3.63) is 102 Å². The Morgan fingerprint density at radius 1 is 0.794 bits per heavy atom. The van der Waals surface area contributed by atoms with E-state index in [1.807, 2.05) is 84.6 Å². The van der Waals surface area contributed by atoms with Crippen molar-refractivity contribution in [3.8, 4) is 22.6 Å². The van der Waals surface area contributed by atoms with E-state index in [1.54, 1.807) is 0 Å². The topological polar surface area (TPSA) is 63.9 Å². The molecule has 6 nitrogen and oxygen atoms in total. The van der Waals surface area contributed by atoms with E-state index in [9.17, 15) is 4.79 Å². The molecule has 0 saturated heterocycles. The van der Waals surface area contributed by atoms with E-state index in [2.05, 4.69) is 33.0 Å². The normalized spacial score (nSPS) is 15.3. The average molecular weight is 446 g/mol. The Kier molecular flexibility index (Phi) is 4.91. The molecule has 34 heavy (non-hydrogen) atoms.